The Labute approximate surface area is 196 Å². The lowest BCUT2D eigenvalue weighted by molar-refractivity contribution is -0.181. The molecule has 0 aromatic heterocycles. The van der Waals surface area contributed by atoms with Crippen LogP contribution < -0.4 is 0 Å². The lowest BCUT2D eigenvalue weighted by atomic mass is 9.58. The number of hydrogen-bond acceptors (Lipinski definition) is 7. The van der Waals surface area contributed by atoms with Gasteiger partial charge in [0, 0.05) is 25.2 Å². The molecule has 0 aromatic carbocycles. The largest absolute Gasteiger partial charge is 0.459 e. The zero-order valence-electron chi connectivity index (χ0n) is 20.6. The molecular formula is C26H38O7. The average molecular weight is 463 g/mol. The van der Waals surface area contributed by atoms with Crippen LogP contribution in [0, 0.1) is 23.7 Å². The van der Waals surface area contributed by atoms with Crippen molar-refractivity contribution in [1.29, 1.82) is 0 Å². The summed E-state index contributed by atoms with van der Waals surface area (Å²) in [5.74, 6) is -0.968. The number of ether oxygens (including phenoxy) is 4. The molecule has 3 heterocycles. The normalized spacial score (nSPS) is 44.6. The molecule has 4 aliphatic rings. The molecule has 0 N–H and O–H groups in total. The van der Waals surface area contributed by atoms with Gasteiger partial charge in [0.1, 0.15) is 23.4 Å². The predicted octanol–water partition coefficient (Wildman–Crippen LogP) is 4.12. The van der Waals surface area contributed by atoms with Crippen LogP contribution in [-0.4, -0.2) is 47.4 Å². The van der Waals surface area contributed by atoms with E-state index in [9.17, 15) is 14.4 Å². The van der Waals surface area contributed by atoms with Gasteiger partial charge in [0.15, 0.2) is 0 Å². The molecule has 0 unspecified atom stereocenters. The maximum absolute atomic E-state index is 13.1. The number of carbonyl (C=O) groups is 3. The molecule has 4 rings (SSSR count). The number of carbonyl (C=O) groups excluding carboxylic acids is 3. The molecule has 9 atom stereocenters. The smallest absolute Gasteiger partial charge is 0.309 e. The quantitative estimate of drug-likeness (QED) is 0.353. The maximum atomic E-state index is 13.1. The Morgan fingerprint density at radius 2 is 1.94 bits per heavy atom. The van der Waals surface area contributed by atoms with Crippen LogP contribution in [0.15, 0.2) is 12.2 Å². The van der Waals surface area contributed by atoms with Gasteiger partial charge in [-0.2, -0.15) is 0 Å². The molecule has 3 aliphatic heterocycles. The molecule has 184 valence electrons. The van der Waals surface area contributed by atoms with E-state index < -0.39 is 17.3 Å². The van der Waals surface area contributed by atoms with Crippen LogP contribution >= 0.6 is 0 Å². The van der Waals surface area contributed by atoms with Gasteiger partial charge in [0.2, 0.25) is 0 Å². The van der Waals surface area contributed by atoms with Gasteiger partial charge >= 0.3 is 17.9 Å². The van der Waals surface area contributed by atoms with Crippen molar-refractivity contribution in [2.24, 2.45) is 23.7 Å². The minimum atomic E-state index is -0.855. The van der Waals surface area contributed by atoms with Crippen LogP contribution in [0.1, 0.15) is 79.6 Å². The van der Waals surface area contributed by atoms with Crippen molar-refractivity contribution >= 4 is 17.9 Å². The van der Waals surface area contributed by atoms with Crippen molar-refractivity contribution in [1.82, 2.24) is 0 Å². The molecule has 33 heavy (non-hydrogen) atoms. The van der Waals surface area contributed by atoms with Gasteiger partial charge in [0.05, 0.1) is 12.0 Å². The summed E-state index contributed by atoms with van der Waals surface area (Å²) in [5.41, 5.74) is -0.759. The summed E-state index contributed by atoms with van der Waals surface area (Å²) in [5, 5.41) is 0. The Bertz CT molecular complexity index is 836. The molecule has 7 nitrogen and oxygen atoms in total. The number of esters is 3. The zero-order valence-corrected chi connectivity index (χ0v) is 20.6. The zero-order chi connectivity index (χ0) is 24.1. The van der Waals surface area contributed by atoms with Crippen LogP contribution in [-0.2, 0) is 33.3 Å². The average Bonchev–Trinajstić information content (AvgIpc) is 3.09. The second kappa shape index (κ2) is 8.71. The summed E-state index contributed by atoms with van der Waals surface area (Å²) in [6.07, 6.45) is 3.08. The fourth-order valence-electron chi connectivity index (χ4n) is 6.95. The van der Waals surface area contributed by atoms with E-state index in [1.807, 2.05) is 27.7 Å². The van der Waals surface area contributed by atoms with Crippen molar-refractivity contribution in [3.05, 3.63) is 12.2 Å². The Kier molecular flexibility index (Phi) is 6.40. The second-order valence-corrected chi connectivity index (χ2v) is 11.0. The fraction of sp³-hybridized carbons (Fsp3) is 0.808. The molecule has 0 amide bonds. The molecule has 0 aromatic rings. The lowest BCUT2D eigenvalue weighted by Gasteiger charge is -2.49. The molecule has 7 heteroatoms. The molecule has 0 radical (unpaired) electrons. The molecule has 2 bridgehead atoms. The molecule has 3 saturated heterocycles. The van der Waals surface area contributed by atoms with Crippen molar-refractivity contribution in [3.8, 4) is 0 Å². The number of hydrogen-bond donors (Lipinski definition) is 0. The number of rotatable bonds is 4. The fourth-order valence-corrected chi connectivity index (χ4v) is 6.95. The van der Waals surface area contributed by atoms with Gasteiger partial charge in [-0.25, -0.2) is 0 Å². The summed E-state index contributed by atoms with van der Waals surface area (Å²) in [6, 6.07) is 0. The van der Waals surface area contributed by atoms with Crippen molar-refractivity contribution in [2.75, 3.05) is 0 Å². The Balaban J connectivity index is 1.78. The Hall–Kier alpha value is -1.89. The summed E-state index contributed by atoms with van der Waals surface area (Å²) in [7, 11) is 0. The first-order valence-corrected chi connectivity index (χ1v) is 12.4. The topological polar surface area (TPSA) is 88.1 Å². The van der Waals surface area contributed by atoms with E-state index in [0.717, 1.165) is 18.4 Å². The van der Waals surface area contributed by atoms with E-state index in [-0.39, 0.29) is 53.8 Å². The highest BCUT2D eigenvalue weighted by molar-refractivity contribution is 5.74. The summed E-state index contributed by atoms with van der Waals surface area (Å²) < 4.78 is 24.6. The van der Waals surface area contributed by atoms with Crippen molar-refractivity contribution < 1.29 is 33.3 Å². The molecule has 4 fully saturated rings. The van der Waals surface area contributed by atoms with Gasteiger partial charge in [0.25, 0.3) is 0 Å². The summed E-state index contributed by atoms with van der Waals surface area (Å²) >= 11 is 0. The number of fused-ring (bicyclic) bond motifs is 2. The highest BCUT2D eigenvalue weighted by atomic mass is 16.6. The Morgan fingerprint density at radius 1 is 1.21 bits per heavy atom. The van der Waals surface area contributed by atoms with Crippen molar-refractivity contribution in [2.45, 2.75) is 109 Å². The maximum Gasteiger partial charge on any atom is 0.309 e. The summed E-state index contributed by atoms with van der Waals surface area (Å²) in [4.78, 5) is 37.5. The lowest BCUT2D eigenvalue weighted by Crippen LogP contribution is -2.55. The first kappa shape index (κ1) is 24.2. The first-order chi connectivity index (χ1) is 15.5. The van der Waals surface area contributed by atoms with Gasteiger partial charge in [-0.05, 0) is 63.9 Å². The monoisotopic (exact) mass is 462 g/mol. The van der Waals surface area contributed by atoms with E-state index in [0.29, 0.717) is 32.1 Å². The van der Waals surface area contributed by atoms with Crippen LogP contribution in [0.5, 0.6) is 0 Å². The molecular weight excluding hydrogens is 424 g/mol. The predicted molar refractivity (Wildman–Crippen MR) is 120 cm³/mol. The van der Waals surface area contributed by atoms with E-state index in [4.69, 9.17) is 18.9 Å². The SMILES string of the molecule is C=C1C[C@@H]2O[C@H]3[C@H]4[C@@H](CC[C@@](C)(OC(=O)CCC)[C@H]42)[C@@H](C)C(=O)O[C@@]3(C)CC[C@H]1OC(C)=O. The van der Waals surface area contributed by atoms with Gasteiger partial charge in [-0.3, -0.25) is 14.4 Å². The van der Waals surface area contributed by atoms with E-state index in [1.54, 1.807) is 0 Å². The van der Waals surface area contributed by atoms with Gasteiger partial charge in [-0.15, -0.1) is 0 Å². The minimum Gasteiger partial charge on any atom is -0.459 e. The second-order valence-electron chi connectivity index (χ2n) is 11.0. The van der Waals surface area contributed by atoms with Gasteiger partial charge in [-0.1, -0.05) is 20.4 Å². The van der Waals surface area contributed by atoms with Crippen molar-refractivity contribution in [3.63, 3.8) is 0 Å². The third-order valence-electron chi connectivity index (χ3n) is 8.54. The standard InChI is InChI=1S/C26H38O7/c1-7-8-20(28)32-25(5)11-9-17-15(3)24(29)33-26(6)12-10-18(30-16(4)27)14(2)13-19-22(25)21(17)23(26)31-19/h15,17-19,21-23H,2,7-13H2,1,3-6H3/t15-,17+,18-,19+,21+,22+,23+,25-,26+/m1/s1. The van der Waals surface area contributed by atoms with E-state index in [1.165, 1.54) is 6.92 Å². The van der Waals surface area contributed by atoms with Crippen LogP contribution in [0.2, 0.25) is 0 Å². The van der Waals surface area contributed by atoms with Crippen LogP contribution in [0.25, 0.3) is 0 Å². The highest BCUT2D eigenvalue weighted by Crippen LogP contribution is 2.59. The minimum absolute atomic E-state index is 0.0349. The van der Waals surface area contributed by atoms with Gasteiger partial charge < -0.3 is 18.9 Å². The summed E-state index contributed by atoms with van der Waals surface area (Å²) in [6.45, 7) is 13.5. The third kappa shape index (κ3) is 4.22. The first-order valence-electron chi connectivity index (χ1n) is 12.4. The third-order valence-corrected chi connectivity index (χ3v) is 8.54. The van der Waals surface area contributed by atoms with E-state index in [2.05, 4.69) is 6.58 Å². The Morgan fingerprint density at radius 3 is 2.61 bits per heavy atom. The molecule has 0 spiro atoms. The molecule has 1 aliphatic carbocycles. The highest BCUT2D eigenvalue weighted by Gasteiger charge is 2.66. The van der Waals surface area contributed by atoms with Crippen LogP contribution in [0.4, 0.5) is 0 Å². The van der Waals surface area contributed by atoms with Crippen LogP contribution in [0.3, 0.4) is 0 Å². The molecule has 1 saturated carbocycles. The van der Waals surface area contributed by atoms with E-state index >= 15 is 0 Å².